The average molecular weight is 428 g/mol. The Labute approximate surface area is 189 Å². The third-order valence-corrected chi connectivity index (χ3v) is 5.89. The van der Waals surface area contributed by atoms with E-state index in [1.807, 2.05) is 18.2 Å². The lowest BCUT2D eigenvalue weighted by atomic mass is 9.90. The maximum Gasteiger partial charge on any atom is 0.303 e. The van der Waals surface area contributed by atoms with E-state index in [1.54, 1.807) is 0 Å². The number of carboxylic acids is 1. The van der Waals surface area contributed by atoms with E-state index >= 15 is 0 Å². The summed E-state index contributed by atoms with van der Waals surface area (Å²) < 4.78 is 6.27. The Morgan fingerprint density at radius 1 is 0.969 bits per heavy atom. The van der Waals surface area contributed by atoms with Crippen molar-refractivity contribution < 1.29 is 14.6 Å². The quantitative estimate of drug-likeness (QED) is 0.390. The van der Waals surface area contributed by atoms with Gasteiger partial charge in [0.2, 0.25) is 0 Å². The molecule has 4 rings (SSSR count). The fraction of sp³-hybridized carbons (Fsp3) is 0.250. The summed E-state index contributed by atoms with van der Waals surface area (Å²) in [4.78, 5) is 13.4. The van der Waals surface area contributed by atoms with Crippen LogP contribution in [0, 0.1) is 0 Å². The summed E-state index contributed by atoms with van der Waals surface area (Å²) in [5.41, 5.74) is 4.70. The molecule has 3 aromatic carbocycles. The van der Waals surface area contributed by atoms with Gasteiger partial charge in [0.1, 0.15) is 11.8 Å². The molecular formula is C28H29NO3. The lowest BCUT2D eigenvalue weighted by Gasteiger charge is -2.44. The molecule has 1 aliphatic heterocycles. The first-order chi connectivity index (χ1) is 15.7. The maximum atomic E-state index is 11.0. The predicted octanol–water partition coefficient (Wildman–Crippen LogP) is 6.62. The number of rotatable bonds is 9. The number of aliphatic carboxylic acids is 1. The molecule has 164 valence electrons. The number of carbonyl (C=O) groups is 1. The van der Waals surface area contributed by atoms with Gasteiger partial charge in [-0.15, -0.1) is 0 Å². The molecule has 0 saturated heterocycles. The van der Waals surface area contributed by atoms with Gasteiger partial charge >= 0.3 is 5.97 Å². The normalized spacial score (nSPS) is 16.1. The molecule has 1 unspecified atom stereocenters. The molecule has 4 heteroatoms. The van der Waals surface area contributed by atoms with Crippen LogP contribution in [0.4, 0.5) is 5.69 Å². The monoisotopic (exact) mass is 427 g/mol. The fourth-order valence-corrected chi connectivity index (χ4v) is 4.46. The predicted molar refractivity (Wildman–Crippen MR) is 128 cm³/mol. The van der Waals surface area contributed by atoms with Crippen molar-refractivity contribution in [3.63, 3.8) is 0 Å². The van der Waals surface area contributed by atoms with Crippen molar-refractivity contribution in [2.24, 2.45) is 0 Å². The number of carboxylic acid groups (broad SMARTS) is 1. The zero-order valence-electron chi connectivity index (χ0n) is 18.4. The molecule has 1 N–H and O–H groups in total. The van der Waals surface area contributed by atoms with E-state index in [2.05, 4.69) is 84.6 Å². The third kappa shape index (κ3) is 4.70. The second-order valence-electron chi connectivity index (χ2n) is 8.01. The van der Waals surface area contributed by atoms with Crippen LogP contribution in [-0.4, -0.2) is 17.7 Å². The lowest BCUT2D eigenvalue weighted by molar-refractivity contribution is -0.137. The standard InChI is InChI=1S/C28H29NO3/c1-2-24(21-12-5-3-6-13-21)29-25-17-10-9-16-23(25)20-26(32-19-11-18-27(30)31)28(29)22-14-7-4-8-15-22/h3-10,12-17,20,24,28H,2,11,18-19H2,1H3,(H,30,31)/t24?,28-/m0/s1. The molecule has 2 atom stereocenters. The third-order valence-electron chi connectivity index (χ3n) is 5.89. The SMILES string of the molecule is CCC(c1ccccc1)N1c2ccccc2C=C(OCCCC(=O)O)[C@@H]1c1ccccc1. The van der Waals surface area contributed by atoms with Gasteiger partial charge < -0.3 is 14.7 Å². The summed E-state index contributed by atoms with van der Waals surface area (Å²) >= 11 is 0. The van der Waals surface area contributed by atoms with Crippen LogP contribution in [0.1, 0.15) is 55.0 Å². The van der Waals surface area contributed by atoms with Gasteiger partial charge in [0.15, 0.2) is 0 Å². The highest BCUT2D eigenvalue weighted by Gasteiger charge is 2.35. The molecule has 0 aromatic heterocycles. The molecule has 1 aliphatic rings. The van der Waals surface area contributed by atoms with E-state index in [0.29, 0.717) is 13.0 Å². The Bertz CT molecular complexity index is 1060. The highest BCUT2D eigenvalue weighted by molar-refractivity contribution is 5.75. The van der Waals surface area contributed by atoms with Crippen LogP contribution in [0.5, 0.6) is 0 Å². The summed E-state index contributed by atoms with van der Waals surface area (Å²) in [5, 5.41) is 9.01. The van der Waals surface area contributed by atoms with E-state index in [4.69, 9.17) is 9.84 Å². The van der Waals surface area contributed by atoms with Crippen LogP contribution < -0.4 is 4.90 Å². The van der Waals surface area contributed by atoms with Crippen molar-refractivity contribution in [3.05, 3.63) is 107 Å². The Morgan fingerprint density at radius 3 is 2.31 bits per heavy atom. The topological polar surface area (TPSA) is 49.8 Å². The minimum absolute atomic E-state index is 0.0962. The van der Waals surface area contributed by atoms with E-state index in [-0.39, 0.29) is 18.5 Å². The fourth-order valence-electron chi connectivity index (χ4n) is 4.46. The number of nitrogens with zero attached hydrogens (tertiary/aromatic N) is 1. The van der Waals surface area contributed by atoms with Crippen LogP contribution in [-0.2, 0) is 9.53 Å². The van der Waals surface area contributed by atoms with Gasteiger partial charge in [-0.25, -0.2) is 0 Å². The number of para-hydroxylation sites is 1. The summed E-state index contributed by atoms with van der Waals surface area (Å²) in [7, 11) is 0. The van der Waals surface area contributed by atoms with Gasteiger partial charge in [-0.1, -0.05) is 85.8 Å². The van der Waals surface area contributed by atoms with Crippen molar-refractivity contribution in [3.8, 4) is 0 Å². The summed E-state index contributed by atoms with van der Waals surface area (Å²) in [6.07, 6.45) is 3.63. The van der Waals surface area contributed by atoms with Crippen molar-refractivity contribution in [1.82, 2.24) is 0 Å². The Kier molecular flexibility index (Phi) is 6.90. The number of hydrogen-bond acceptors (Lipinski definition) is 3. The van der Waals surface area contributed by atoms with E-state index in [1.165, 1.54) is 11.3 Å². The number of anilines is 1. The van der Waals surface area contributed by atoms with Crippen molar-refractivity contribution in [2.45, 2.75) is 38.3 Å². The highest BCUT2D eigenvalue weighted by Crippen LogP contribution is 2.46. The minimum Gasteiger partial charge on any atom is -0.495 e. The van der Waals surface area contributed by atoms with E-state index in [0.717, 1.165) is 23.3 Å². The molecule has 0 spiro atoms. The second-order valence-corrected chi connectivity index (χ2v) is 8.01. The van der Waals surface area contributed by atoms with Gasteiger partial charge in [0, 0.05) is 17.7 Å². The Hall–Kier alpha value is -3.53. The first kappa shape index (κ1) is 21.7. The van der Waals surface area contributed by atoms with Gasteiger partial charge in [0.05, 0.1) is 12.6 Å². The molecule has 0 aliphatic carbocycles. The lowest BCUT2D eigenvalue weighted by Crippen LogP contribution is -2.37. The zero-order valence-corrected chi connectivity index (χ0v) is 18.4. The number of ether oxygens (including phenoxy) is 1. The molecule has 0 bridgehead atoms. The average Bonchev–Trinajstić information content (AvgIpc) is 2.83. The largest absolute Gasteiger partial charge is 0.495 e. The molecule has 3 aromatic rings. The van der Waals surface area contributed by atoms with Gasteiger partial charge in [0.25, 0.3) is 0 Å². The molecule has 1 heterocycles. The number of benzene rings is 3. The summed E-state index contributed by atoms with van der Waals surface area (Å²) in [6.45, 7) is 2.59. The van der Waals surface area contributed by atoms with Crippen LogP contribution in [0.2, 0.25) is 0 Å². The zero-order chi connectivity index (χ0) is 22.3. The minimum atomic E-state index is -0.798. The highest BCUT2D eigenvalue weighted by atomic mass is 16.5. The van der Waals surface area contributed by atoms with Crippen LogP contribution in [0.15, 0.2) is 90.7 Å². The molecule has 4 nitrogen and oxygen atoms in total. The molecule has 0 radical (unpaired) electrons. The van der Waals surface area contributed by atoms with Crippen molar-refractivity contribution >= 4 is 17.7 Å². The van der Waals surface area contributed by atoms with Gasteiger partial charge in [-0.05, 0) is 36.1 Å². The summed E-state index contributed by atoms with van der Waals surface area (Å²) in [5.74, 6) is 0.0580. The molecule has 0 saturated carbocycles. The van der Waals surface area contributed by atoms with E-state index in [9.17, 15) is 4.79 Å². The molecule has 32 heavy (non-hydrogen) atoms. The van der Waals surface area contributed by atoms with Crippen LogP contribution in [0.3, 0.4) is 0 Å². The Morgan fingerprint density at radius 2 is 1.62 bits per heavy atom. The smallest absolute Gasteiger partial charge is 0.303 e. The number of hydrogen-bond donors (Lipinski definition) is 1. The second kappa shape index (κ2) is 10.2. The van der Waals surface area contributed by atoms with E-state index < -0.39 is 5.97 Å². The van der Waals surface area contributed by atoms with Crippen molar-refractivity contribution in [2.75, 3.05) is 11.5 Å². The van der Waals surface area contributed by atoms with Crippen LogP contribution >= 0.6 is 0 Å². The Balaban J connectivity index is 1.79. The van der Waals surface area contributed by atoms with Crippen LogP contribution in [0.25, 0.3) is 6.08 Å². The maximum absolute atomic E-state index is 11.0. The summed E-state index contributed by atoms with van der Waals surface area (Å²) in [6, 6.07) is 29.5. The first-order valence-corrected chi connectivity index (χ1v) is 11.2. The van der Waals surface area contributed by atoms with Gasteiger partial charge in [-0.2, -0.15) is 0 Å². The first-order valence-electron chi connectivity index (χ1n) is 11.2. The van der Waals surface area contributed by atoms with Crippen molar-refractivity contribution in [1.29, 1.82) is 0 Å². The molecule has 0 fully saturated rings. The number of fused-ring (bicyclic) bond motifs is 1. The molecule has 0 amide bonds. The van der Waals surface area contributed by atoms with Gasteiger partial charge in [-0.3, -0.25) is 4.79 Å². The molecular weight excluding hydrogens is 398 g/mol.